The largest absolute Gasteiger partial charge is 0.382 e. The molecule has 34 heavy (non-hydrogen) atoms. The molecule has 0 aliphatic rings. The molecule has 1 aromatic rings. The quantitative estimate of drug-likeness (QED) is 0.205. The Bertz CT molecular complexity index is 700. The number of hydrogen-bond donors (Lipinski definition) is 3. The van der Waals surface area contributed by atoms with Crippen molar-refractivity contribution in [2.75, 3.05) is 6.54 Å². The zero-order valence-electron chi connectivity index (χ0n) is 23.1. The lowest BCUT2D eigenvalue weighted by Crippen LogP contribution is -2.39. The molecule has 1 aromatic carbocycles. The molecule has 0 spiro atoms. The number of nitrogens with one attached hydrogen (secondary N) is 3. The molecule has 2 atom stereocenters. The first-order chi connectivity index (χ1) is 16.1. The van der Waals surface area contributed by atoms with Crippen LogP contribution in [0.2, 0.25) is 0 Å². The average Bonchev–Trinajstić information content (AvgIpc) is 2.78. The molecule has 1 rings (SSSR count). The van der Waals surface area contributed by atoms with E-state index < -0.39 is 0 Å². The van der Waals surface area contributed by atoms with Gasteiger partial charge in [0, 0.05) is 23.1 Å². The second-order valence-electron chi connectivity index (χ2n) is 10.3. The van der Waals surface area contributed by atoms with Crippen molar-refractivity contribution in [3.05, 3.63) is 85.4 Å². The minimum absolute atomic E-state index is 0.149. The highest BCUT2D eigenvalue weighted by Gasteiger charge is 2.15. The van der Waals surface area contributed by atoms with Gasteiger partial charge in [-0.15, -0.1) is 6.58 Å². The molecule has 3 heteroatoms. The number of hydrogen-bond acceptors (Lipinski definition) is 3. The van der Waals surface area contributed by atoms with Crippen LogP contribution in [0.4, 0.5) is 0 Å². The lowest BCUT2D eigenvalue weighted by Gasteiger charge is -2.27. The summed E-state index contributed by atoms with van der Waals surface area (Å²) >= 11 is 0. The minimum atomic E-state index is 0.149. The van der Waals surface area contributed by atoms with Gasteiger partial charge >= 0.3 is 0 Å². The zero-order valence-corrected chi connectivity index (χ0v) is 23.1. The summed E-state index contributed by atoms with van der Waals surface area (Å²) in [5, 5.41) is 10.5. The van der Waals surface area contributed by atoms with E-state index in [-0.39, 0.29) is 12.1 Å². The van der Waals surface area contributed by atoms with Crippen LogP contribution in [-0.2, 0) is 6.42 Å². The van der Waals surface area contributed by atoms with Gasteiger partial charge < -0.3 is 16.0 Å². The first-order valence-corrected chi connectivity index (χ1v) is 13.1. The molecule has 0 fully saturated rings. The van der Waals surface area contributed by atoms with E-state index in [1.807, 2.05) is 6.08 Å². The molecule has 0 saturated heterocycles. The Hall–Kier alpha value is -2.42. The molecule has 0 aromatic heterocycles. The summed E-state index contributed by atoms with van der Waals surface area (Å²) in [4.78, 5) is 0. The van der Waals surface area contributed by atoms with Crippen LogP contribution < -0.4 is 16.0 Å². The smallest absolute Gasteiger partial charge is 0.0653 e. The van der Waals surface area contributed by atoms with E-state index in [2.05, 4.69) is 114 Å². The second kappa shape index (κ2) is 18.9. The van der Waals surface area contributed by atoms with Crippen LogP contribution >= 0.6 is 0 Å². The lowest BCUT2D eigenvalue weighted by molar-refractivity contribution is 0.464. The second-order valence-corrected chi connectivity index (χ2v) is 10.3. The lowest BCUT2D eigenvalue weighted by atomic mass is 10.0. The molecule has 192 valence electrons. The highest BCUT2D eigenvalue weighted by Crippen LogP contribution is 2.14. The summed E-state index contributed by atoms with van der Waals surface area (Å²) in [7, 11) is 0. The summed E-state index contributed by atoms with van der Waals surface area (Å²) in [6.07, 6.45) is 8.32. The number of benzene rings is 1. The monoisotopic (exact) mass is 467 g/mol. The first kappa shape index (κ1) is 31.6. The van der Waals surface area contributed by atoms with Crippen LogP contribution in [0.15, 0.2) is 79.8 Å². The van der Waals surface area contributed by atoms with Crippen molar-refractivity contribution in [1.29, 1.82) is 0 Å². The van der Waals surface area contributed by atoms with Crippen molar-refractivity contribution in [1.82, 2.24) is 16.0 Å². The predicted molar refractivity (Wildman–Crippen MR) is 154 cm³/mol. The Morgan fingerprint density at radius 3 is 2.09 bits per heavy atom. The Morgan fingerprint density at radius 2 is 1.56 bits per heavy atom. The van der Waals surface area contributed by atoms with E-state index in [0.717, 1.165) is 48.7 Å². The topological polar surface area (TPSA) is 36.1 Å². The van der Waals surface area contributed by atoms with Crippen LogP contribution in [0.25, 0.3) is 0 Å². The third-order valence-electron chi connectivity index (χ3n) is 5.14. The molecular weight excluding hydrogens is 414 g/mol. The molecule has 2 unspecified atom stereocenters. The van der Waals surface area contributed by atoms with Crippen molar-refractivity contribution in [3.8, 4) is 0 Å². The van der Waals surface area contributed by atoms with Crippen LogP contribution in [0.5, 0.6) is 0 Å². The number of rotatable bonds is 17. The fraction of sp³-hybridized carbons (Fsp3) is 0.548. The Kier molecular flexibility index (Phi) is 17.6. The predicted octanol–water partition coefficient (Wildman–Crippen LogP) is 7.75. The number of unbranched alkanes of at least 4 members (excludes halogenated alkanes) is 1. The number of allylic oxidation sites excluding steroid dienone is 1. The van der Waals surface area contributed by atoms with Crippen LogP contribution in [0.1, 0.15) is 79.2 Å². The Morgan fingerprint density at radius 1 is 0.941 bits per heavy atom. The molecule has 0 aliphatic carbocycles. The summed E-state index contributed by atoms with van der Waals surface area (Å²) < 4.78 is 0. The standard InChI is InChI=1S/C27H43N3.C4H10/c1-8-10-16-26(9-2)29-23(6)20-28-24(7)27(19-21(3)4)30-22(5)17-18-25-14-12-11-13-15-25;1-4(2)3/h9,11-15,21,26-30H,2,5-8,10,16-20H2,1,3-4H3;4H,1-3H3. The van der Waals surface area contributed by atoms with Crippen LogP contribution in [0, 0.1) is 11.8 Å². The van der Waals surface area contributed by atoms with Gasteiger partial charge in [-0.3, -0.25) is 0 Å². The average molecular weight is 468 g/mol. The van der Waals surface area contributed by atoms with E-state index in [4.69, 9.17) is 0 Å². The SMILES string of the molecule is C=CC(CCCC)NC(=C)CNC(=C)C(CC(C)C)NC(=C)CCc1ccccc1.CC(C)C. The van der Waals surface area contributed by atoms with Crippen molar-refractivity contribution in [3.63, 3.8) is 0 Å². The molecule has 0 saturated carbocycles. The van der Waals surface area contributed by atoms with Crippen molar-refractivity contribution in [2.45, 2.75) is 92.2 Å². The molecule has 3 N–H and O–H groups in total. The van der Waals surface area contributed by atoms with Gasteiger partial charge in [0.1, 0.15) is 0 Å². The minimum Gasteiger partial charge on any atom is -0.382 e. The molecule has 0 bridgehead atoms. The van der Waals surface area contributed by atoms with Gasteiger partial charge in [0.15, 0.2) is 0 Å². The first-order valence-electron chi connectivity index (χ1n) is 13.1. The number of aryl methyl sites for hydroxylation is 1. The molecule has 0 aliphatic heterocycles. The van der Waals surface area contributed by atoms with Crippen molar-refractivity contribution in [2.24, 2.45) is 11.8 Å². The van der Waals surface area contributed by atoms with Crippen LogP contribution in [0.3, 0.4) is 0 Å². The Balaban J connectivity index is 0.00000251. The normalized spacial score (nSPS) is 12.2. The van der Waals surface area contributed by atoms with E-state index in [0.29, 0.717) is 12.5 Å². The van der Waals surface area contributed by atoms with Crippen molar-refractivity contribution < 1.29 is 0 Å². The molecular formula is C31H53N3. The van der Waals surface area contributed by atoms with Gasteiger partial charge in [0.25, 0.3) is 0 Å². The van der Waals surface area contributed by atoms with E-state index in [1.54, 1.807) is 0 Å². The summed E-state index contributed by atoms with van der Waals surface area (Å²) in [6, 6.07) is 11.0. The van der Waals surface area contributed by atoms with Crippen LogP contribution in [-0.4, -0.2) is 18.6 Å². The van der Waals surface area contributed by atoms with Gasteiger partial charge in [-0.05, 0) is 43.1 Å². The third kappa shape index (κ3) is 17.1. The summed E-state index contributed by atoms with van der Waals surface area (Å²) in [5.41, 5.74) is 4.33. The molecule has 0 amide bonds. The summed E-state index contributed by atoms with van der Waals surface area (Å²) in [6.45, 7) is 30.5. The summed E-state index contributed by atoms with van der Waals surface area (Å²) in [5.74, 6) is 1.39. The van der Waals surface area contributed by atoms with Gasteiger partial charge in [-0.1, -0.05) is 111 Å². The molecule has 0 radical (unpaired) electrons. The fourth-order valence-electron chi connectivity index (χ4n) is 3.35. The maximum absolute atomic E-state index is 4.30. The zero-order chi connectivity index (χ0) is 25.9. The maximum atomic E-state index is 4.30. The van der Waals surface area contributed by atoms with Gasteiger partial charge in [-0.2, -0.15) is 0 Å². The highest BCUT2D eigenvalue weighted by molar-refractivity contribution is 5.17. The maximum Gasteiger partial charge on any atom is 0.0653 e. The molecule has 3 nitrogen and oxygen atoms in total. The van der Waals surface area contributed by atoms with Gasteiger partial charge in [-0.25, -0.2) is 0 Å². The van der Waals surface area contributed by atoms with Crippen molar-refractivity contribution >= 4 is 0 Å². The van der Waals surface area contributed by atoms with E-state index in [9.17, 15) is 0 Å². The van der Waals surface area contributed by atoms with E-state index in [1.165, 1.54) is 18.4 Å². The van der Waals surface area contributed by atoms with Gasteiger partial charge in [0.05, 0.1) is 12.6 Å². The highest BCUT2D eigenvalue weighted by atomic mass is 15.0. The van der Waals surface area contributed by atoms with E-state index >= 15 is 0 Å². The third-order valence-corrected chi connectivity index (χ3v) is 5.14. The Labute approximate surface area is 211 Å². The van der Waals surface area contributed by atoms with Gasteiger partial charge in [0.2, 0.25) is 0 Å². The fourth-order valence-corrected chi connectivity index (χ4v) is 3.35. The molecule has 0 heterocycles.